The molecule has 0 amide bonds. The van der Waals surface area contributed by atoms with Gasteiger partial charge in [-0.05, 0) is 6.42 Å². The van der Waals surface area contributed by atoms with Gasteiger partial charge in [0.15, 0.2) is 0 Å². The van der Waals surface area contributed by atoms with Crippen molar-refractivity contribution in [1.82, 2.24) is 0 Å². The summed E-state index contributed by atoms with van der Waals surface area (Å²) in [5.74, 6) is 0.0764. The first-order valence-corrected chi connectivity index (χ1v) is 2.45. The summed E-state index contributed by atoms with van der Waals surface area (Å²) < 4.78 is 12.0. The summed E-state index contributed by atoms with van der Waals surface area (Å²) in [7, 11) is 0. The van der Waals surface area contributed by atoms with E-state index in [1.807, 2.05) is 0 Å². The van der Waals surface area contributed by atoms with E-state index < -0.39 is 6.17 Å². The molecule has 1 aliphatic rings. The zero-order valence-electron chi connectivity index (χ0n) is 3.98. The molecule has 0 bridgehead atoms. The number of halogens is 1. The molecule has 1 rings (SSSR count). The summed E-state index contributed by atoms with van der Waals surface area (Å²) in [6, 6.07) is 0. The molecule has 0 aromatic heterocycles. The highest BCUT2D eigenvalue weighted by atomic mass is 19.1. The van der Waals surface area contributed by atoms with E-state index in [1.165, 1.54) is 0 Å². The minimum Gasteiger partial charge on any atom is -0.300 e. The van der Waals surface area contributed by atoms with Gasteiger partial charge in [0.2, 0.25) is 0 Å². The van der Waals surface area contributed by atoms with Crippen LogP contribution < -0.4 is 0 Å². The van der Waals surface area contributed by atoms with Gasteiger partial charge in [-0.3, -0.25) is 4.79 Å². The van der Waals surface area contributed by atoms with E-state index in [0.29, 0.717) is 12.8 Å². The number of alkyl halides is 1. The van der Waals surface area contributed by atoms with Crippen molar-refractivity contribution in [1.29, 1.82) is 0 Å². The molecule has 0 aromatic carbocycles. The second kappa shape index (κ2) is 1.60. The first-order valence-electron chi connectivity index (χ1n) is 2.45. The van der Waals surface area contributed by atoms with Crippen molar-refractivity contribution in [2.45, 2.75) is 25.4 Å². The third-order valence-corrected chi connectivity index (χ3v) is 1.19. The molecule has 0 heterocycles. The zero-order valence-corrected chi connectivity index (χ0v) is 3.98. The van der Waals surface area contributed by atoms with Gasteiger partial charge in [0.1, 0.15) is 12.0 Å². The molecule has 0 N–H and O–H groups in total. The van der Waals surface area contributed by atoms with Crippen LogP contribution in [0, 0.1) is 0 Å². The summed E-state index contributed by atoms with van der Waals surface area (Å²) in [6.45, 7) is 0. The Bertz CT molecular complexity index is 90.1. The third kappa shape index (κ3) is 0.981. The van der Waals surface area contributed by atoms with Crippen molar-refractivity contribution < 1.29 is 9.18 Å². The molecular formula is C5H7FO. The first-order chi connectivity index (χ1) is 3.29. The molecule has 0 radical (unpaired) electrons. The summed E-state index contributed by atoms with van der Waals surface area (Å²) in [4.78, 5) is 10.2. The molecule has 7 heavy (non-hydrogen) atoms. The predicted molar refractivity (Wildman–Crippen MR) is 23.8 cm³/mol. The standard InChI is InChI=1S/C5H7FO/c6-4-1-2-5(7)3-4/h4H,1-3H2/t4-/m1/s1. The SMILES string of the molecule is O=C1CC[C@@H](F)C1. The van der Waals surface area contributed by atoms with E-state index in [9.17, 15) is 9.18 Å². The van der Waals surface area contributed by atoms with Gasteiger partial charge in [-0.1, -0.05) is 0 Å². The Kier molecular flexibility index (Phi) is 1.09. The van der Waals surface area contributed by atoms with Crippen LogP contribution in [0.4, 0.5) is 4.39 Å². The van der Waals surface area contributed by atoms with E-state index in [4.69, 9.17) is 0 Å². The summed E-state index contributed by atoms with van der Waals surface area (Å²) >= 11 is 0. The minimum absolute atomic E-state index is 0.0764. The molecule has 2 heteroatoms. The molecular weight excluding hydrogens is 95.1 g/mol. The first kappa shape index (κ1) is 4.75. The van der Waals surface area contributed by atoms with Gasteiger partial charge in [0, 0.05) is 12.8 Å². The van der Waals surface area contributed by atoms with Gasteiger partial charge >= 0.3 is 0 Å². The molecule has 0 aliphatic heterocycles. The Morgan fingerprint density at radius 2 is 2.43 bits per heavy atom. The van der Waals surface area contributed by atoms with E-state index in [1.54, 1.807) is 0 Å². The third-order valence-electron chi connectivity index (χ3n) is 1.19. The number of carbonyl (C=O) groups is 1. The number of hydrogen-bond donors (Lipinski definition) is 0. The zero-order chi connectivity index (χ0) is 5.28. The highest BCUT2D eigenvalue weighted by Gasteiger charge is 2.20. The maximum absolute atomic E-state index is 12.0. The summed E-state index contributed by atoms with van der Waals surface area (Å²) in [5, 5.41) is 0. The number of hydrogen-bond acceptors (Lipinski definition) is 1. The Labute approximate surface area is 41.5 Å². The highest BCUT2D eigenvalue weighted by molar-refractivity contribution is 5.80. The van der Waals surface area contributed by atoms with Crippen molar-refractivity contribution in [3.8, 4) is 0 Å². The van der Waals surface area contributed by atoms with Crippen LogP contribution in [0.5, 0.6) is 0 Å². The maximum atomic E-state index is 12.0. The molecule has 1 aliphatic carbocycles. The lowest BCUT2D eigenvalue weighted by molar-refractivity contribution is -0.117. The molecule has 40 valence electrons. The van der Waals surface area contributed by atoms with E-state index in [-0.39, 0.29) is 12.2 Å². The topological polar surface area (TPSA) is 17.1 Å². The second-order valence-corrected chi connectivity index (χ2v) is 1.88. The van der Waals surface area contributed by atoms with Crippen LogP contribution in [0.15, 0.2) is 0 Å². The van der Waals surface area contributed by atoms with Gasteiger partial charge in [-0.2, -0.15) is 0 Å². The van der Waals surface area contributed by atoms with Crippen LogP contribution >= 0.6 is 0 Å². The highest BCUT2D eigenvalue weighted by Crippen LogP contribution is 2.16. The van der Waals surface area contributed by atoms with Gasteiger partial charge in [0.05, 0.1) is 0 Å². The Hall–Kier alpha value is -0.400. The number of Topliss-reactive ketones (excluding diaryl/α,β-unsaturated/α-hetero) is 1. The summed E-state index contributed by atoms with van der Waals surface area (Å²) in [6.07, 6.45) is 0.257. The quantitative estimate of drug-likeness (QED) is 0.447. The minimum atomic E-state index is -0.826. The maximum Gasteiger partial charge on any atom is 0.135 e. The van der Waals surface area contributed by atoms with Gasteiger partial charge in [-0.25, -0.2) is 4.39 Å². The average molecular weight is 102 g/mol. The van der Waals surface area contributed by atoms with E-state index >= 15 is 0 Å². The fourth-order valence-electron chi connectivity index (χ4n) is 0.769. The van der Waals surface area contributed by atoms with E-state index in [0.717, 1.165) is 0 Å². The second-order valence-electron chi connectivity index (χ2n) is 1.88. The lowest BCUT2D eigenvalue weighted by Crippen LogP contribution is -1.91. The van der Waals surface area contributed by atoms with Crippen molar-refractivity contribution in [2.24, 2.45) is 0 Å². The van der Waals surface area contributed by atoms with Crippen molar-refractivity contribution in [3.63, 3.8) is 0 Å². The van der Waals surface area contributed by atoms with Crippen molar-refractivity contribution >= 4 is 5.78 Å². The lowest BCUT2D eigenvalue weighted by Gasteiger charge is -1.85. The molecule has 0 unspecified atom stereocenters. The molecule has 1 saturated carbocycles. The predicted octanol–water partition coefficient (Wildman–Crippen LogP) is 1.08. The normalized spacial score (nSPS) is 31.6. The van der Waals surface area contributed by atoms with Crippen LogP contribution in [0.25, 0.3) is 0 Å². The van der Waals surface area contributed by atoms with Crippen LogP contribution in [0.1, 0.15) is 19.3 Å². The average Bonchev–Trinajstić information content (AvgIpc) is 1.87. The summed E-state index contributed by atoms with van der Waals surface area (Å²) in [5.41, 5.74) is 0. The Morgan fingerprint density at radius 3 is 2.57 bits per heavy atom. The molecule has 1 nitrogen and oxygen atoms in total. The van der Waals surface area contributed by atoms with Gasteiger partial charge < -0.3 is 0 Å². The molecule has 1 atom stereocenters. The van der Waals surface area contributed by atoms with Crippen LogP contribution in [0.2, 0.25) is 0 Å². The van der Waals surface area contributed by atoms with Crippen molar-refractivity contribution in [2.75, 3.05) is 0 Å². The number of rotatable bonds is 0. The smallest absolute Gasteiger partial charge is 0.135 e. The Balaban J connectivity index is 2.40. The van der Waals surface area contributed by atoms with Gasteiger partial charge in [-0.15, -0.1) is 0 Å². The Morgan fingerprint density at radius 1 is 1.71 bits per heavy atom. The van der Waals surface area contributed by atoms with Crippen LogP contribution in [-0.2, 0) is 4.79 Å². The largest absolute Gasteiger partial charge is 0.300 e. The number of ketones is 1. The van der Waals surface area contributed by atoms with Crippen LogP contribution in [-0.4, -0.2) is 12.0 Å². The monoisotopic (exact) mass is 102 g/mol. The van der Waals surface area contributed by atoms with Gasteiger partial charge in [0.25, 0.3) is 0 Å². The fraction of sp³-hybridized carbons (Fsp3) is 0.800. The fourth-order valence-corrected chi connectivity index (χ4v) is 0.769. The van der Waals surface area contributed by atoms with Crippen LogP contribution in [0.3, 0.4) is 0 Å². The van der Waals surface area contributed by atoms with E-state index in [2.05, 4.69) is 0 Å². The van der Waals surface area contributed by atoms with Crippen molar-refractivity contribution in [3.05, 3.63) is 0 Å². The number of carbonyl (C=O) groups excluding carboxylic acids is 1. The molecule has 0 aromatic rings. The molecule has 0 spiro atoms. The molecule has 1 fully saturated rings. The lowest BCUT2D eigenvalue weighted by atomic mass is 10.3. The molecule has 0 saturated heterocycles.